The van der Waals surface area contributed by atoms with E-state index < -0.39 is 8.32 Å². The summed E-state index contributed by atoms with van der Waals surface area (Å²) in [6.45, 7) is 13.4. The summed E-state index contributed by atoms with van der Waals surface area (Å²) in [7, 11) is -1.74. The molecule has 0 saturated carbocycles. The van der Waals surface area contributed by atoms with Gasteiger partial charge < -0.3 is 9.16 Å². The summed E-state index contributed by atoms with van der Waals surface area (Å²) in [5, 5.41) is 0.193. The maximum Gasteiger partial charge on any atom is 0.334 e. The monoisotopic (exact) mass is 256 g/mol. The Balaban J connectivity index is 2.51. The second-order valence-corrected chi connectivity index (χ2v) is 10.9. The fourth-order valence-electron chi connectivity index (χ4n) is 1.44. The first-order chi connectivity index (χ1) is 7.67. The molecule has 0 unspecified atom stereocenters. The molecule has 0 amide bonds. The molecule has 0 radical (unpaired) electrons. The Bertz CT molecular complexity index is 326. The Hall–Kier alpha value is -0.613. The lowest BCUT2D eigenvalue weighted by molar-refractivity contribution is -0.140. The van der Waals surface area contributed by atoms with Crippen LogP contribution in [0.5, 0.6) is 0 Å². The molecule has 3 nitrogen and oxygen atoms in total. The molecule has 1 fully saturated rings. The molecular formula is C13H24O3Si. The van der Waals surface area contributed by atoms with Gasteiger partial charge in [0, 0.05) is 12.0 Å². The molecule has 0 N–H and O–H groups in total. The molecule has 4 heteroatoms. The van der Waals surface area contributed by atoms with Crippen LogP contribution in [0.1, 0.15) is 34.1 Å². The molecule has 0 aromatic heterocycles. The number of rotatable bonds is 3. The third kappa shape index (κ3) is 3.42. The van der Waals surface area contributed by atoms with Crippen molar-refractivity contribution >= 4 is 14.3 Å². The standard InChI is InChI=1S/C13H24O3Si/c1-7-10-8-11(16-12(10)14)9-15-17(5,6)13(2,3)4/h7,11H,8-9H2,1-6H3/b10-7+/t11-/m1/s1. The molecule has 0 aliphatic carbocycles. The van der Waals surface area contributed by atoms with Crippen molar-refractivity contribution in [3.63, 3.8) is 0 Å². The van der Waals surface area contributed by atoms with Gasteiger partial charge in [-0.1, -0.05) is 26.8 Å². The van der Waals surface area contributed by atoms with Crippen molar-refractivity contribution in [2.45, 2.75) is 58.4 Å². The van der Waals surface area contributed by atoms with Gasteiger partial charge >= 0.3 is 5.97 Å². The topological polar surface area (TPSA) is 35.5 Å². The van der Waals surface area contributed by atoms with Crippen molar-refractivity contribution < 1.29 is 14.0 Å². The Kier molecular flexibility index (Phi) is 4.20. The quantitative estimate of drug-likeness (QED) is 0.442. The number of hydrogen-bond donors (Lipinski definition) is 0. The van der Waals surface area contributed by atoms with E-state index in [4.69, 9.17) is 9.16 Å². The molecule has 0 aromatic rings. The van der Waals surface area contributed by atoms with Gasteiger partial charge in [-0.05, 0) is 25.1 Å². The van der Waals surface area contributed by atoms with Gasteiger partial charge in [-0.15, -0.1) is 0 Å². The number of ether oxygens (including phenoxy) is 1. The highest BCUT2D eigenvalue weighted by molar-refractivity contribution is 6.74. The molecule has 0 bridgehead atoms. The van der Waals surface area contributed by atoms with Crippen LogP contribution in [0.25, 0.3) is 0 Å². The van der Waals surface area contributed by atoms with Crippen LogP contribution < -0.4 is 0 Å². The lowest BCUT2D eigenvalue weighted by Crippen LogP contribution is -2.42. The highest BCUT2D eigenvalue weighted by Gasteiger charge is 2.39. The molecule has 1 aliphatic heterocycles. The summed E-state index contributed by atoms with van der Waals surface area (Å²) in [4.78, 5) is 11.4. The predicted molar refractivity (Wildman–Crippen MR) is 71.4 cm³/mol. The number of allylic oxidation sites excluding steroid dienone is 1. The lowest BCUT2D eigenvalue weighted by atomic mass is 10.1. The van der Waals surface area contributed by atoms with Crippen molar-refractivity contribution in [3.8, 4) is 0 Å². The highest BCUT2D eigenvalue weighted by atomic mass is 28.4. The summed E-state index contributed by atoms with van der Waals surface area (Å²) >= 11 is 0. The van der Waals surface area contributed by atoms with Gasteiger partial charge in [0.2, 0.25) is 0 Å². The minimum absolute atomic E-state index is 0.0946. The molecular weight excluding hydrogens is 232 g/mol. The second kappa shape index (κ2) is 4.94. The van der Waals surface area contributed by atoms with Crippen LogP contribution in [0, 0.1) is 0 Å². The van der Waals surface area contributed by atoms with Crippen LogP contribution in [0.2, 0.25) is 18.1 Å². The molecule has 1 saturated heterocycles. The second-order valence-electron chi connectivity index (χ2n) is 6.12. The first-order valence-corrected chi connectivity index (χ1v) is 9.08. The largest absolute Gasteiger partial charge is 0.456 e. The lowest BCUT2D eigenvalue weighted by Gasteiger charge is -2.36. The first kappa shape index (κ1) is 14.4. The van der Waals surface area contributed by atoms with Gasteiger partial charge in [0.25, 0.3) is 0 Å². The van der Waals surface area contributed by atoms with E-state index in [2.05, 4.69) is 33.9 Å². The van der Waals surface area contributed by atoms with Crippen LogP contribution in [0.15, 0.2) is 11.6 Å². The third-order valence-electron chi connectivity index (χ3n) is 3.77. The number of carbonyl (C=O) groups excluding carboxylic acids is 1. The van der Waals surface area contributed by atoms with Crippen LogP contribution in [-0.4, -0.2) is 27.0 Å². The average Bonchev–Trinajstić information content (AvgIpc) is 2.54. The number of carbonyl (C=O) groups is 1. The minimum Gasteiger partial charge on any atom is -0.456 e. The summed E-state index contributed by atoms with van der Waals surface area (Å²) in [5.74, 6) is -0.184. The van der Waals surface area contributed by atoms with Gasteiger partial charge in [-0.25, -0.2) is 4.79 Å². The van der Waals surface area contributed by atoms with Crippen molar-refractivity contribution in [1.29, 1.82) is 0 Å². The van der Waals surface area contributed by atoms with E-state index in [9.17, 15) is 4.79 Å². The average molecular weight is 256 g/mol. The molecule has 1 aliphatic rings. The van der Waals surface area contributed by atoms with Gasteiger partial charge in [0.05, 0.1) is 6.61 Å². The number of esters is 1. The van der Waals surface area contributed by atoms with Crippen LogP contribution in [0.3, 0.4) is 0 Å². The van der Waals surface area contributed by atoms with E-state index in [1.165, 1.54) is 0 Å². The molecule has 0 spiro atoms. The van der Waals surface area contributed by atoms with Gasteiger partial charge in [-0.2, -0.15) is 0 Å². The normalized spacial score (nSPS) is 24.2. The van der Waals surface area contributed by atoms with Crippen molar-refractivity contribution in [2.75, 3.05) is 6.61 Å². The molecule has 0 aromatic carbocycles. The van der Waals surface area contributed by atoms with Crippen LogP contribution in [-0.2, 0) is 14.0 Å². The van der Waals surface area contributed by atoms with Gasteiger partial charge in [0.15, 0.2) is 8.32 Å². The van der Waals surface area contributed by atoms with E-state index in [1.807, 2.05) is 13.0 Å². The van der Waals surface area contributed by atoms with Gasteiger partial charge in [-0.3, -0.25) is 0 Å². The fraction of sp³-hybridized carbons (Fsp3) is 0.769. The zero-order chi connectivity index (χ0) is 13.3. The Morgan fingerprint density at radius 2 is 2.06 bits per heavy atom. The van der Waals surface area contributed by atoms with E-state index in [1.54, 1.807) is 0 Å². The number of hydrogen-bond acceptors (Lipinski definition) is 3. The third-order valence-corrected chi connectivity index (χ3v) is 8.27. The van der Waals surface area contributed by atoms with Crippen LogP contribution in [0.4, 0.5) is 0 Å². The van der Waals surface area contributed by atoms with Crippen molar-refractivity contribution in [1.82, 2.24) is 0 Å². The molecule has 1 rings (SSSR count). The zero-order valence-electron chi connectivity index (χ0n) is 11.8. The maximum atomic E-state index is 11.4. The van der Waals surface area contributed by atoms with E-state index in [-0.39, 0.29) is 17.1 Å². The minimum atomic E-state index is -1.74. The Morgan fingerprint density at radius 1 is 1.47 bits per heavy atom. The van der Waals surface area contributed by atoms with E-state index in [0.717, 1.165) is 5.57 Å². The summed E-state index contributed by atoms with van der Waals surface area (Å²) in [6.07, 6.45) is 2.42. The molecule has 98 valence electrons. The molecule has 1 atom stereocenters. The first-order valence-electron chi connectivity index (χ1n) is 6.17. The Morgan fingerprint density at radius 3 is 2.47 bits per heavy atom. The highest BCUT2D eigenvalue weighted by Crippen LogP contribution is 2.37. The summed E-state index contributed by atoms with van der Waals surface area (Å²) in [5.41, 5.74) is 0.772. The zero-order valence-corrected chi connectivity index (χ0v) is 12.8. The number of cyclic esters (lactones) is 1. The van der Waals surface area contributed by atoms with Crippen LogP contribution >= 0.6 is 0 Å². The molecule has 17 heavy (non-hydrogen) atoms. The summed E-state index contributed by atoms with van der Waals surface area (Å²) in [6, 6.07) is 0. The Labute approximate surface area is 105 Å². The van der Waals surface area contributed by atoms with E-state index in [0.29, 0.717) is 13.0 Å². The maximum absolute atomic E-state index is 11.4. The SMILES string of the molecule is C/C=C1\C[C@H](CO[Si](C)(C)C(C)(C)C)OC1=O. The van der Waals surface area contributed by atoms with Gasteiger partial charge in [0.1, 0.15) is 6.10 Å². The fourth-order valence-corrected chi connectivity index (χ4v) is 2.48. The summed E-state index contributed by atoms with van der Waals surface area (Å²) < 4.78 is 11.3. The predicted octanol–water partition coefficient (Wildman–Crippen LogP) is 3.27. The smallest absolute Gasteiger partial charge is 0.334 e. The van der Waals surface area contributed by atoms with E-state index >= 15 is 0 Å². The van der Waals surface area contributed by atoms with Crippen molar-refractivity contribution in [3.05, 3.63) is 11.6 Å². The van der Waals surface area contributed by atoms with Crippen molar-refractivity contribution in [2.24, 2.45) is 0 Å². The molecule has 1 heterocycles.